The van der Waals surface area contributed by atoms with Crippen molar-refractivity contribution in [1.82, 2.24) is 10.2 Å². The van der Waals surface area contributed by atoms with E-state index in [1.54, 1.807) is 7.11 Å². The number of carbonyl (C=O) groups excluding carboxylic acids is 1. The van der Waals surface area contributed by atoms with Crippen LogP contribution in [-0.2, 0) is 17.6 Å². The summed E-state index contributed by atoms with van der Waals surface area (Å²) < 4.78 is 5.14. The van der Waals surface area contributed by atoms with Gasteiger partial charge < -0.3 is 10.1 Å². The van der Waals surface area contributed by atoms with Gasteiger partial charge in [0.1, 0.15) is 10.8 Å². The molecule has 1 atom stereocenters. The molecule has 140 valence electrons. The van der Waals surface area contributed by atoms with E-state index in [-0.39, 0.29) is 5.91 Å². The predicted octanol–water partition coefficient (Wildman–Crippen LogP) is 4.46. The number of benzene rings is 2. The highest BCUT2D eigenvalue weighted by Crippen LogP contribution is 2.24. The van der Waals surface area contributed by atoms with E-state index < -0.39 is 0 Å². The van der Waals surface area contributed by atoms with Crippen molar-refractivity contribution < 1.29 is 9.53 Å². The molecule has 0 radical (unpaired) electrons. The number of aromatic nitrogens is 2. The molecule has 27 heavy (non-hydrogen) atoms. The fourth-order valence-corrected chi connectivity index (χ4v) is 3.66. The fraction of sp³-hybridized carbons (Fsp3) is 0.286. The number of anilines is 1. The molecule has 2 aromatic carbocycles. The van der Waals surface area contributed by atoms with Crippen LogP contribution in [0.25, 0.3) is 0 Å². The minimum Gasteiger partial charge on any atom is -0.497 e. The second-order valence-corrected chi connectivity index (χ2v) is 7.48. The quantitative estimate of drug-likeness (QED) is 0.625. The normalized spacial score (nSPS) is 11.8. The minimum absolute atomic E-state index is 0.0513. The molecule has 0 aliphatic carbocycles. The van der Waals surface area contributed by atoms with Gasteiger partial charge in [-0.1, -0.05) is 60.7 Å². The zero-order chi connectivity index (χ0) is 19.1. The Morgan fingerprint density at radius 1 is 1.11 bits per heavy atom. The largest absolute Gasteiger partial charge is 0.497 e. The van der Waals surface area contributed by atoms with Gasteiger partial charge in [-0.15, -0.1) is 10.2 Å². The second kappa shape index (κ2) is 9.28. The molecule has 5 nitrogen and oxygen atoms in total. The molecule has 0 bridgehead atoms. The molecule has 0 spiro atoms. The van der Waals surface area contributed by atoms with E-state index in [0.29, 0.717) is 23.9 Å². The summed E-state index contributed by atoms with van der Waals surface area (Å²) >= 11 is 1.44. The number of nitrogens with zero attached hydrogens (tertiary/aromatic N) is 2. The molecule has 3 rings (SSSR count). The van der Waals surface area contributed by atoms with Crippen LogP contribution < -0.4 is 10.1 Å². The molecule has 1 heterocycles. The smallest absolute Gasteiger partial charge is 0.226 e. The number of nitrogens with one attached hydrogen (secondary N) is 1. The Balaban J connectivity index is 1.48. The molecule has 0 saturated carbocycles. The van der Waals surface area contributed by atoms with Crippen molar-refractivity contribution in [2.45, 2.75) is 32.1 Å². The summed E-state index contributed by atoms with van der Waals surface area (Å²) in [4.78, 5) is 12.2. The molecule has 6 heteroatoms. The maximum Gasteiger partial charge on any atom is 0.226 e. The number of rotatable bonds is 8. The molecule has 0 aliphatic rings. The average Bonchev–Trinajstić information content (AvgIpc) is 3.14. The Bertz CT molecular complexity index is 863. The summed E-state index contributed by atoms with van der Waals surface area (Å²) in [6.45, 7) is 2.17. The highest BCUT2D eigenvalue weighted by atomic mass is 32.1. The average molecular weight is 382 g/mol. The van der Waals surface area contributed by atoms with Crippen molar-refractivity contribution in [1.29, 1.82) is 0 Å². The zero-order valence-corrected chi connectivity index (χ0v) is 16.3. The van der Waals surface area contributed by atoms with E-state index in [2.05, 4.69) is 34.6 Å². The van der Waals surface area contributed by atoms with Crippen LogP contribution in [0.4, 0.5) is 5.13 Å². The van der Waals surface area contributed by atoms with Crippen molar-refractivity contribution in [3.63, 3.8) is 0 Å². The molecule has 0 unspecified atom stereocenters. The second-order valence-electron chi connectivity index (χ2n) is 6.41. The number of aryl methyl sites for hydroxylation is 1. The lowest BCUT2D eigenvalue weighted by Crippen LogP contribution is -2.12. The van der Waals surface area contributed by atoms with Gasteiger partial charge in [-0.05, 0) is 35.6 Å². The Kier molecular flexibility index (Phi) is 6.54. The van der Waals surface area contributed by atoms with Gasteiger partial charge in [-0.3, -0.25) is 4.79 Å². The molecular formula is C21H23N3O2S. The van der Waals surface area contributed by atoms with Crippen molar-refractivity contribution in [2.24, 2.45) is 0 Å². The molecule has 1 N–H and O–H groups in total. The molecule has 1 aromatic heterocycles. The van der Waals surface area contributed by atoms with Crippen LogP contribution in [0.5, 0.6) is 5.75 Å². The van der Waals surface area contributed by atoms with E-state index in [4.69, 9.17) is 4.74 Å². The number of ether oxygens (including phenoxy) is 1. The van der Waals surface area contributed by atoms with E-state index >= 15 is 0 Å². The standard InChI is InChI=1S/C21H23N3O2S/c1-15(17-6-4-3-5-7-17)14-20-23-24-21(27-20)22-19(25)13-10-16-8-11-18(26-2)12-9-16/h3-9,11-12,15H,10,13-14H2,1-2H3,(H,22,24,25)/t15-/m0/s1. The Hall–Kier alpha value is -2.73. The third-order valence-electron chi connectivity index (χ3n) is 4.36. The number of hydrogen-bond donors (Lipinski definition) is 1. The molecule has 1 amide bonds. The Morgan fingerprint density at radius 3 is 2.56 bits per heavy atom. The molecule has 0 saturated heterocycles. The van der Waals surface area contributed by atoms with Gasteiger partial charge in [0.2, 0.25) is 11.0 Å². The van der Waals surface area contributed by atoms with E-state index in [1.165, 1.54) is 16.9 Å². The van der Waals surface area contributed by atoms with Gasteiger partial charge in [-0.25, -0.2) is 0 Å². The number of amides is 1. The van der Waals surface area contributed by atoms with Crippen LogP contribution in [-0.4, -0.2) is 23.2 Å². The molecular weight excluding hydrogens is 358 g/mol. The number of hydrogen-bond acceptors (Lipinski definition) is 5. The fourth-order valence-electron chi connectivity index (χ4n) is 2.78. The van der Waals surface area contributed by atoms with Gasteiger partial charge in [0.25, 0.3) is 0 Å². The van der Waals surface area contributed by atoms with Crippen molar-refractivity contribution in [3.8, 4) is 5.75 Å². The summed E-state index contributed by atoms with van der Waals surface area (Å²) in [6.07, 6.45) is 1.89. The van der Waals surface area contributed by atoms with Crippen molar-refractivity contribution >= 4 is 22.4 Å². The van der Waals surface area contributed by atoms with Crippen LogP contribution in [0.2, 0.25) is 0 Å². The summed E-state index contributed by atoms with van der Waals surface area (Å²) in [5.74, 6) is 1.12. The van der Waals surface area contributed by atoms with Crippen molar-refractivity contribution in [3.05, 3.63) is 70.7 Å². The summed E-state index contributed by atoms with van der Waals surface area (Å²) in [5.41, 5.74) is 2.37. The zero-order valence-electron chi connectivity index (χ0n) is 15.5. The monoisotopic (exact) mass is 381 g/mol. The summed E-state index contributed by atoms with van der Waals surface area (Å²) in [7, 11) is 1.64. The number of carbonyl (C=O) groups is 1. The molecule has 0 aliphatic heterocycles. The maximum absolute atomic E-state index is 12.2. The highest BCUT2D eigenvalue weighted by molar-refractivity contribution is 7.15. The van der Waals surface area contributed by atoms with Gasteiger partial charge >= 0.3 is 0 Å². The highest BCUT2D eigenvalue weighted by Gasteiger charge is 2.12. The summed E-state index contributed by atoms with van der Waals surface area (Å²) in [6, 6.07) is 18.1. The number of methoxy groups -OCH3 is 1. The lowest BCUT2D eigenvalue weighted by molar-refractivity contribution is -0.116. The maximum atomic E-state index is 12.2. The third kappa shape index (κ3) is 5.62. The van der Waals surface area contributed by atoms with Gasteiger partial charge in [0.05, 0.1) is 7.11 Å². The van der Waals surface area contributed by atoms with E-state index in [1.807, 2.05) is 42.5 Å². The molecule has 3 aromatic rings. The van der Waals surface area contributed by atoms with Gasteiger partial charge in [0, 0.05) is 12.8 Å². The third-order valence-corrected chi connectivity index (χ3v) is 5.22. The van der Waals surface area contributed by atoms with Crippen LogP contribution in [0.1, 0.15) is 35.4 Å². The van der Waals surface area contributed by atoms with Crippen LogP contribution >= 0.6 is 11.3 Å². The first-order valence-corrected chi connectivity index (χ1v) is 9.76. The lowest BCUT2D eigenvalue weighted by Gasteiger charge is -2.08. The van der Waals surface area contributed by atoms with Crippen LogP contribution in [0, 0.1) is 0 Å². The van der Waals surface area contributed by atoms with Crippen LogP contribution in [0.15, 0.2) is 54.6 Å². The van der Waals surface area contributed by atoms with Crippen molar-refractivity contribution in [2.75, 3.05) is 12.4 Å². The first-order valence-electron chi connectivity index (χ1n) is 8.94. The van der Waals surface area contributed by atoms with Gasteiger partial charge in [0.15, 0.2) is 0 Å². The van der Waals surface area contributed by atoms with E-state index in [0.717, 1.165) is 22.7 Å². The Morgan fingerprint density at radius 2 is 1.85 bits per heavy atom. The van der Waals surface area contributed by atoms with Crippen LogP contribution in [0.3, 0.4) is 0 Å². The van der Waals surface area contributed by atoms with Gasteiger partial charge in [-0.2, -0.15) is 0 Å². The first-order chi connectivity index (χ1) is 13.1. The van der Waals surface area contributed by atoms with E-state index in [9.17, 15) is 4.79 Å². The molecule has 0 fully saturated rings. The summed E-state index contributed by atoms with van der Waals surface area (Å²) in [5, 5.41) is 12.6. The minimum atomic E-state index is -0.0513. The predicted molar refractivity (Wildman–Crippen MR) is 108 cm³/mol. The topological polar surface area (TPSA) is 64.1 Å². The Labute approximate surface area is 163 Å². The first kappa shape index (κ1) is 19.0. The lowest BCUT2D eigenvalue weighted by atomic mass is 9.98. The SMILES string of the molecule is COc1ccc(CCC(=O)Nc2nnc(C[C@H](C)c3ccccc3)s2)cc1.